The van der Waals surface area contributed by atoms with Gasteiger partial charge < -0.3 is 16.0 Å². The summed E-state index contributed by atoms with van der Waals surface area (Å²) in [6.07, 6.45) is 6.75. The lowest BCUT2D eigenvalue weighted by Gasteiger charge is -2.28. The number of hydrogen-bond acceptors (Lipinski definition) is 3. The average Bonchev–Trinajstić information content (AvgIpc) is 3.08. The van der Waals surface area contributed by atoms with E-state index in [2.05, 4.69) is 24.1 Å². The van der Waals surface area contributed by atoms with Gasteiger partial charge in [-0.2, -0.15) is 0 Å². The quantitative estimate of drug-likeness (QED) is 0.668. The molecule has 2 aliphatic rings. The zero-order valence-electron chi connectivity index (χ0n) is 13.4. The summed E-state index contributed by atoms with van der Waals surface area (Å²) in [5.74, 6) is -0.202. The molecule has 20 heavy (non-hydrogen) atoms. The average molecular weight is 281 g/mol. The van der Waals surface area contributed by atoms with Gasteiger partial charge in [-0.3, -0.25) is 4.79 Å². The highest BCUT2D eigenvalue weighted by molar-refractivity contribution is 5.84. The van der Waals surface area contributed by atoms with Crippen molar-refractivity contribution in [3.8, 4) is 0 Å². The molecule has 2 fully saturated rings. The van der Waals surface area contributed by atoms with E-state index in [0.29, 0.717) is 11.5 Å². The van der Waals surface area contributed by atoms with Crippen molar-refractivity contribution in [1.29, 1.82) is 0 Å². The van der Waals surface area contributed by atoms with Crippen LogP contribution < -0.4 is 11.1 Å². The molecule has 4 heteroatoms. The van der Waals surface area contributed by atoms with E-state index >= 15 is 0 Å². The zero-order valence-corrected chi connectivity index (χ0v) is 13.4. The molecule has 0 bridgehead atoms. The maximum Gasteiger partial charge on any atom is 0.237 e. The first-order valence-electron chi connectivity index (χ1n) is 8.11. The molecule has 2 rings (SSSR count). The molecule has 0 radical (unpaired) electrons. The van der Waals surface area contributed by atoms with Crippen molar-refractivity contribution in [2.75, 3.05) is 19.6 Å². The minimum Gasteiger partial charge on any atom is -0.368 e. The van der Waals surface area contributed by atoms with E-state index in [1.165, 1.54) is 32.4 Å². The van der Waals surface area contributed by atoms with Crippen molar-refractivity contribution < 1.29 is 4.79 Å². The standard InChI is InChI=1S/C16H31N3O/c1-15(2)9-11-19(12-15)10-5-4-8-16(3,14(17)20)18-13-6-7-13/h13,18H,4-12H2,1-3H3,(H2,17,20). The monoisotopic (exact) mass is 281 g/mol. The molecule has 1 heterocycles. The predicted octanol–water partition coefficient (Wildman–Crippen LogP) is 1.88. The molecule has 1 unspecified atom stereocenters. The number of hydrogen-bond donors (Lipinski definition) is 2. The first-order chi connectivity index (χ1) is 9.31. The van der Waals surface area contributed by atoms with Crippen LogP contribution in [-0.2, 0) is 4.79 Å². The number of amides is 1. The van der Waals surface area contributed by atoms with E-state index in [0.717, 1.165) is 25.8 Å². The van der Waals surface area contributed by atoms with E-state index in [1.54, 1.807) is 0 Å². The number of nitrogens with zero attached hydrogens (tertiary/aromatic N) is 1. The van der Waals surface area contributed by atoms with Gasteiger partial charge in [0.05, 0.1) is 5.54 Å². The third-order valence-corrected chi connectivity index (χ3v) is 4.80. The van der Waals surface area contributed by atoms with Crippen LogP contribution in [0.25, 0.3) is 0 Å². The smallest absolute Gasteiger partial charge is 0.237 e. The van der Waals surface area contributed by atoms with Gasteiger partial charge in [0.15, 0.2) is 0 Å². The highest BCUT2D eigenvalue weighted by Gasteiger charge is 2.36. The number of unbranched alkanes of at least 4 members (excludes halogenated alkanes) is 1. The summed E-state index contributed by atoms with van der Waals surface area (Å²) in [6, 6.07) is 0.520. The summed E-state index contributed by atoms with van der Waals surface area (Å²) >= 11 is 0. The van der Waals surface area contributed by atoms with E-state index in [1.807, 2.05) is 6.92 Å². The molecule has 1 amide bonds. The Bertz CT molecular complexity index is 352. The second-order valence-corrected chi connectivity index (χ2v) is 7.76. The Morgan fingerprint density at radius 1 is 1.40 bits per heavy atom. The zero-order chi connectivity index (χ0) is 14.8. The number of carbonyl (C=O) groups is 1. The van der Waals surface area contributed by atoms with Gasteiger partial charge in [-0.15, -0.1) is 0 Å². The molecule has 0 aromatic rings. The maximum atomic E-state index is 11.7. The summed E-state index contributed by atoms with van der Waals surface area (Å²) in [5.41, 5.74) is 5.55. The van der Waals surface area contributed by atoms with Crippen LogP contribution in [0, 0.1) is 5.41 Å². The molecule has 0 aromatic carbocycles. The highest BCUT2D eigenvalue weighted by Crippen LogP contribution is 2.29. The molecular formula is C16H31N3O. The second-order valence-electron chi connectivity index (χ2n) is 7.76. The molecule has 116 valence electrons. The van der Waals surface area contributed by atoms with Crippen LogP contribution in [-0.4, -0.2) is 42.0 Å². The Labute approximate surface area is 123 Å². The summed E-state index contributed by atoms with van der Waals surface area (Å²) in [7, 11) is 0. The Kier molecular flexibility index (Phi) is 4.75. The van der Waals surface area contributed by atoms with Crippen LogP contribution in [0.2, 0.25) is 0 Å². The minimum absolute atomic E-state index is 0.202. The van der Waals surface area contributed by atoms with Crippen LogP contribution in [0.4, 0.5) is 0 Å². The van der Waals surface area contributed by atoms with Gasteiger partial charge in [-0.05, 0) is 64.0 Å². The highest BCUT2D eigenvalue weighted by atomic mass is 16.1. The van der Waals surface area contributed by atoms with Crippen molar-refractivity contribution >= 4 is 5.91 Å². The topological polar surface area (TPSA) is 58.4 Å². The van der Waals surface area contributed by atoms with Crippen LogP contribution >= 0.6 is 0 Å². The van der Waals surface area contributed by atoms with Gasteiger partial charge in [0, 0.05) is 12.6 Å². The van der Waals surface area contributed by atoms with E-state index in [9.17, 15) is 4.79 Å². The molecule has 3 N–H and O–H groups in total. The Morgan fingerprint density at radius 2 is 2.10 bits per heavy atom. The molecule has 0 aromatic heterocycles. The second kappa shape index (κ2) is 6.02. The summed E-state index contributed by atoms with van der Waals surface area (Å²) in [4.78, 5) is 14.2. The first-order valence-corrected chi connectivity index (χ1v) is 8.11. The molecule has 1 atom stereocenters. The number of nitrogens with one attached hydrogen (secondary N) is 1. The lowest BCUT2D eigenvalue weighted by Crippen LogP contribution is -2.54. The number of likely N-dealkylation sites (tertiary alicyclic amines) is 1. The van der Waals surface area contributed by atoms with Gasteiger partial charge in [-0.1, -0.05) is 13.8 Å². The number of primary amides is 1. The van der Waals surface area contributed by atoms with Gasteiger partial charge in [0.2, 0.25) is 5.91 Å². The van der Waals surface area contributed by atoms with Crippen LogP contribution in [0.15, 0.2) is 0 Å². The fraction of sp³-hybridized carbons (Fsp3) is 0.938. The third kappa shape index (κ3) is 4.45. The van der Waals surface area contributed by atoms with Gasteiger partial charge in [0.1, 0.15) is 0 Å². The first kappa shape index (κ1) is 15.8. The van der Waals surface area contributed by atoms with Gasteiger partial charge >= 0.3 is 0 Å². The third-order valence-electron chi connectivity index (χ3n) is 4.80. The molecule has 1 aliphatic carbocycles. The normalized spacial score (nSPS) is 25.6. The Morgan fingerprint density at radius 3 is 2.60 bits per heavy atom. The fourth-order valence-electron chi connectivity index (χ4n) is 3.17. The van der Waals surface area contributed by atoms with Crippen molar-refractivity contribution in [2.45, 2.75) is 70.9 Å². The fourth-order valence-corrected chi connectivity index (χ4v) is 3.17. The van der Waals surface area contributed by atoms with Gasteiger partial charge in [-0.25, -0.2) is 0 Å². The van der Waals surface area contributed by atoms with Crippen LogP contribution in [0.1, 0.15) is 59.3 Å². The summed E-state index contributed by atoms with van der Waals surface area (Å²) in [5, 5.41) is 3.42. The summed E-state index contributed by atoms with van der Waals surface area (Å²) < 4.78 is 0. The molecule has 4 nitrogen and oxygen atoms in total. The maximum absolute atomic E-state index is 11.7. The van der Waals surface area contributed by atoms with Gasteiger partial charge in [0.25, 0.3) is 0 Å². The largest absolute Gasteiger partial charge is 0.368 e. The molecule has 0 spiro atoms. The van der Waals surface area contributed by atoms with Crippen LogP contribution in [0.5, 0.6) is 0 Å². The number of rotatable bonds is 8. The molecule has 1 saturated carbocycles. The predicted molar refractivity (Wildman–Crippen MR) is 82.4 cm³/mol. The lowest BCUT2D eigenvalue weighted by molar-refractivity contribution is -0.124. The summed E-state index contributed by atoms with van der Waals surface area (Å²) in [6.45, 7) is 10.2. The lowest BCUT2D eigenvalue weighted by atomic mass is 9.93. The number of nitrogens with two attached hydrogens (primary N) is 1. The van der Waals surface area contributed by atoms with E-state index in [4.69, 9.17) is 5.73 Å². The molecule has 1 saturated heterocycles. The molecular weight excluding hydrogens is 250 g/mol. The van der Waals surface area contributed by atoms with Crippen molar-refractivity contribution in [3.63, 3.8) is 0 Å². The van der Waals surface area contributed by atoms with E-state index < -0.39 is 5.54 Å². The SMILES string of the molecule is CC1(C)CCN(CCCCC(C)(NC2CC2)C(N)=O)C1. The number of carbonyl (C=O) groups excluding carboxylic acids is 1. The Balaban J connectivity index is 1.67. The van der Waals surface area contributed by atoms with Crippen molar-refractivity contribution in [3.05, 3.63) is 0 Å². The minimum atomic E-state index is -0.508. The van der Waals surface area contributed by atoms with Crippen LogP contribution in [0.3, 0.4) is 0 Å². The Hall–Kier alpha value is -0.610. The van der Waals surface area contributed by atoms with E-state index in [-0.39, 0.29) is 5.91 Å². The molecule has 1 aliphatic heterocycles. The van der Waals surface area contributed by atoms with Crippen molar-refractivity contribution in [1.82, 2.24) is 10.2 Å². The van der Waals surface area contributed by atoms with Crippen molar-refractivity contribution in [2.24, 2.45) is 11.1 Å².